The Morgan fingerprint density at radius 3 is 2.81 bits per heavy atom. The van der Waals surface area contributed by atoms with Crippen molar-refractivity contribution in [1.82, 2.24) is 9.55 Å². The molecule has 0 radical (unpaired) electrons. The van der Waals surface area contributed by atoms with Crippen molar-refractivity contribution in [3.8, 4) is 17.5 Å². The second kappa shape index (κ2) is 4.80. The standard InChI is InChI=1S/C15H11FN4O/c1-21-14-7-10(16)3-5-12(14)20-13-6-9(8-17)2-4-11(13)19-15(20)18/h2-7H,1H3,(H2,18,19). The average molecular weight is 282 g/mol. The molecule has 0 atom stereocenters. The van der Waals surface area contributed by atoms with Gasteiger partial charge < -0.3 is 10.5 Å². The number of imidazole rings is 1. The van der Waals surface area contributed by atoms with Crippen LogP contribution in [0.4, 0.5) is 10.3 Å². The van der Waals surface area contributed by atoms with Crippen molar-refractivity contribution < 1.29 is 9.13 Å². The first kappa shape index (κ1) is 12.9. The molecule has 2 aromatic carbocycles. The molecule has 5 nitrogen and oxygen atoms in total. The quantitative estimate of drug-likeness (QED) is 0.783. The molecule has 3 rings (SSSR count). The molecular weight excluding hydrogens is 271 g/mol. The van der Waals surface area contributed by atoms with Crippen LogP contribution in [0, 0.1) is 17.1 Å². The molecule has 3 aromatic rings. The molecule has 104 valence electrons. The molecule has 1 aromatic heterocycles. The monoisotopic (exact) mass is 282 g/mol. The van der Waals surface area contributed by atoms with Crippen LogP contribution in [0.2, 0.25) is 0 Å². The lowest BCUT2D eigenvalue weighted by Crippen LogP contribution is -2.03. The predicted octanol–water partition coefficient (Wildman–Crippen LogP) is 2.63. The van der Waals surface area contributed by atoms with E-state index in [4.69, 9.17) is 15.7 Å². The fourth-order valence-electron chi connectivity index (χ4n) is 2.25. The van der Waals surface area contributed by atoms with Crippen molar-refractivity contribution in [2.24, 2.45) is 0 Å². The third kappa shape index (κ3) is 2.05. The molecule has 0 bridgehead atoms. The van der Waals surface area contributed by atoms with Gasteiger partial charge in [0.05, 0.1) is 35.5 Å². The lowest BCUT2D eigenvalue weighted by molar-refractivity contribution is 0.410. The molecular formula is C15H11FN4O. The maximum absolute atomic E-state index is 13.3. The second-order valence-electron chi connectivity index (χ2n) is 4.44. The van der Waals surface area contributed by atoms with Crippen LogP contribution < -0.4 is 10.5 Å². The molecule has 0 aliphatic rings. The number of halogens is 1. The molecule has 0 aliphatic heterocycles. The summed E-state index contributed by atoms with van der Waals surface area (Å²) in [6.07, 6.45) is 0. The summed E-state index contributed by atoms with van der Waals surface area (Å²) in [7, 11) is 1.45. The molecule has 6 heteroatoms. The third-order valence-electron chi connectivity index (χ3n) is 3.19. The van der Waals surface area contributed by atoms with E-state index in [2.05, 4.69) is 11.1 Å². The van der Waals surface area contributed by atoms with Gasteiger partial charge in [-0.05, 0) is 30.3 Å². The SMILES string of the molecule is COc1cc(F)ccc1-n1c(N)nc2ccc(C#N)cc21. The van der Waals surface area contributed by atoms with Crippen molar-refractivity contribution in [3.05, 3.63) is 47.8 Å². The van der Waals surface area contributed by atoms with E-state index in [1.807, 2.05) is 0 Å². The van der Waals surface area contributed by atoms with Crippen LogP contribution in [0.5, 0.6) is 5.75 Å². The maximum atomic E-state index is 13.3. The summed E-state index contributed by atoms with van der Waals surface area (Å²) in [5, 5.41) is 9.02. The average Bonchev–Trinajstić information content (AvgIpc) is 2.82. The van der Waals surface area contributed by atoms with E-state index in [9.17, 15) is 4.39 Å². The van der Waals surface area contributed by atoms with Crippen molar-refractivity contribution >= 4 is 17.0 Å². The number of benzene rings is 2. The molecule has 0 saturated carbocycles. The number of nitrogens with two attached hydrogens (primary N) is 1. The smallest absolute Gasteiger partial charge is 0.206 e. The zero-order chi connectivity index (χ0) is 15.0. The minimum Gasteiger partial charge on any atom is -0.494 e. The molecule has 1 heterocycles. The largest absolute Gasteiger partial charge is 0.494 e. The number of hydrogen-bond acceptors (Lipinski definition) is 4. The first-order valence-corrected chi connectivity index (χ1v) is 6.16. The van der Waals surface area contributed by atoms with Gasteiger partial charge in [0.2, 0.25) is 5.95 Å². The minimum atomic E-state index is -0.406. The van der Waals surface area contributed by atoms with E-state index in [0.717, 1.165) is 0 Å². The summed E-state index contributed by atoms with van der Waals surface area (Å²) in [5.41, 5.74) is 8.33. The zero-order valence-corrected chi connectivity index (χ0v) is 11.2. The first-order valence-electron chi connectivity index (χ1n) is 6.16. The summed E-state index contributed by atoms with van der Waals surface area (Å²) in [5.74, 6) is 0.171. The lowest BCUT2D eigenvalue weighted by Gasteiger charge is -2.11. The van der Waals surface area contributed by atoms with Crippen molar-refractivity contribution in [1.29, 1.82) is 5.26 Å². The lowest BCUT2D eigenvalue weighted by atomic mass is 10.2. The number of ether oxygens (including phenoxy) is 1. The van der Waals surface area contributed by atoms with Gasteiger partial charge in [-0.25, -0.2) is 9.37 Å². The summed E-state index contributed by atoms with van der Waals surface area (Å²) < 4.78 is 20.2. The Balaban J connectivity index is 2.34. The van der Waals surface area contributed by atoms with E-state index < -0.39 is 5.82 Å². The van der Waals surface area contributed by atoms with Crippen LogP contribution in [0.1, 0.15) is 5.56 Å². The summed E-state index contributed by atoms with van der Waals surface area (Å²) in [6.45, 7) is 0. The van der Waals surface area contributed by atoms with Crippen LogP contribution in [-0.4, -0.2) is 16.7 Å². The molecule has 0 fully saturated rings. The van der Waals surface area contributed by atoms with E-state index in [1.165, 1.54) is 19.2 Å². The molecule has 0 unspecified atom stereocenters. The predicted molar refractivity (Wildman–Crippen MR) is 76.7 cm³/mol. The maximum Gasteiger partial charge on any atom is 0.206 e. The van der Waals surface area contributed by atoms with E-state index in [1.54, 1.807) is 28.8 Å². The Morgan fingerprint density at radius 1 is 1.29 bits per heavy atom. The highest BCUT2D eigenvalue weighted by Crippen LogP contribution is 2.30. The number of rotatable bonds is 2. The van der Waals surface area contributed by atoms with Gasteiger partial charge in [0.1, 0.15) is 11.6 Å². The van der Waals surface area contributed by atoms with Gasteiger partial charge >= 0.3 is 0 Å². The van der Waals surface area contributed by atoms with Crippen molar-refractivity contribution in [3.63, 3.8) is 0 Å². The number of nitriles is 1. The Kier molecular flexibility index (Phi) is 2.95. The van der Waals surface area contributed by atoms with E-state index in [0.29, 0.717) is 28.0 Å². The van der Waals surface area contributed by atoms with Crippen LogP contribution in [0.15, 0.2) is 36.4 Å². The molecule has 0 aliphatic carbocycles. The highest BCUT2D eigenvalue weighted by molar-refractivity contribution is 5.82. The van der Waals surface area contributed by atoms with Crippen molar-refractivity contribution in [2.75, 3.05) is 12.8 Å². The second-order valence-corrected chi connectivity index (χ2v) is 4.44. The van der Waals surface area contributed by atoms with Gasteiger partial charge in [0.15, 0.2) is 0 Å². The number of nitrogens with zero attached hydrogens (tertiary/aromatic N) is 3. The van der Waals surface area contributed by atoms with Crippen LogP contribution in [0.3, 0.4) is 0 Å². The van der Waals surface area contributed by atoms with Gasteiger partial charge in [-0.15, -0.1) is 0 Å². The Morgan fingerprint density at radius 2 is 2.10 bits per heavy atom. The fourth-order valence-corrected chi connectivity index (χ4v) is 2.25. The highest BCUT2D eigenvalue weighted by Gasteiger charge is 2.15. The summed E-state index contributed by atoms with van der Waals surface area (Å²) >= 11 is 0. The first-order chi connectivity index (χ1) is 10.1. The van der Waals surface area contributed by atoms with Gasteiger partial charge in [-0.1, -0.05) is 0 Å². The fraction of sp³-hybridized carbons (Fsp3) is 0.0667. The number of aromatic nitrogens is 2. The normalized spacial score (nSPS) is 10.5. The van der Waals surface area contributed by atoms with E-state index in [-0.39, 0.29) is 5.95 Å². The molecule has 0 amide bonds. The number of hydrogen-bond donors (Lipinski definition) is 1. The molecule has 21 heavy (non-hydrogen) atoms. The van der Waals surface area contributed by atoms with Gasteiger partial charge in [0.25, 0.3) is 0 Å². The molecule has 0 saturated heterocycles. The summed E-state index contributed by atoms with van der Waals surface area (Å²) in [4.78, 5) is 4.24. The van der Waals surface area contributed by atoms with Gasteiger partial charge in [0, 0.05) is 6.07 Å². The highest BCUT2D eigenvalue weighted by atomic mass is 19.1. The topological polar surface area (TPSA) is 76.9 Å². The van der Waals surface area contributed by atoms with Gasteiger partial charge in [-0.3, -0.25) is 4.57 Å². The van der Waals surface area contributed by atoms with E-state index >= 15 is 0 Å². The Hall–Kier alpha value is -3.07. The number of nitrogen functional groups attached to an aromatic ring is 1. The zero-order valence-electron chi connectivity index (χ0n) is 11.2. The van der Waals surface area contributed by atoms with Crippen molar-refractivity contribution in [2.45, 2.75) is 0 Å². The number of methoxy groups -OCH3 is 1. The summed E-state index contributed by atoms with van der Waals surface area (Å²) in [6, 6.07) is 11.3. The minimum absolute atomic E-state index is 0.241. The number of fused-ring (bicyclic) bond motifs is 1. The molecule has 2 N–H and O–H groups in total. The number of anilines is 1. The third-order valence-corrected chi connectivity index (χ3v) is 3.19. The Labute approximate surface area is 120 Å². The van der Waals surface area contributed by atoms with Crippen LogP contribution in [-0.2, 0) is 0 Å². The van der Waals surface area contributed by atoms with Crippen LogP contribution in [0.25, 0.3) is 16.7 Å². The van der Waals surface area contributed by atoms with Gasteiger partial charge in [-0.2, -0.15) is 5.26 Å². The Bertz CT molecular complexity index is 879. The van der Waals surface area contributed by atoms with Crippen LogP contribution >= 0.6 is 0 Å². The molecule has 0 spiro atoms.